The maximum Gasteiger partial charge on any atom is 0.407 e. The summed E-state index contributed by atoms with van der Waals surface area (Å²) in [7, 11) is 1.22. The van der Waals surface area contributed by atoms with E-state index in [-0.39, 0.29) is 12.5 Å². The van der Waals surface area contributed by atoms with Crippen molar-refractivity contribution in [1.82, 2.24) is 10.3 Å². The van der Waals surface area contributed by atoms with Gasteiger partial charge in [-0.2, -0.15) is 5.10 Å². The molecule has 4 rings (SSSR count). The van der Waals surface area contributed by atoms with E-state index in [9.17, 15) is 14.4 Å². The van der Waals surface area contributed by atoms with Crippen LogP contribution in [0, 0.1) is 0 Å². The first kappa shape index (κ1) is 24.7. The molecule has 1 heterocycles. The summed E-state index contributed by atoms with van der Waals surface area (Å²) >= 11 is 0. The number of amides is 2. The Hall–Kier alpha value is -4.37. The van der Waals surface area contributed by atoms with E-state index >= 15 is 0 Å². The molecule has 36 heavy (non-hydrogen) atoms. The van der Waals surface area contributed by atoms with Gasteiger partial charge >= 0.3 is 12.1 Å². The Balaban J connectivity index is 1.50. The summed E-state index contributed by atoms with van der Waals surface area (Å²) in [5.74, 6) is -1.51. The Bertz CT molecular complexity index is 1200. The van der Waals surface area contributed by atoms with Gasteiger partial charge in [-0.05, 0) is 40.6 Å². The molecule has 1 N–H and O–H groups in total. The normalized spacial score (nSPS) is 17.7. The number of nitrogens with one attached hydrogen (secondary N) is 1. The molecule has 0 saturated heterocycles. The van der Waals surface area contributed by atoms with Crippen molar-refractivity contribution in [3.8, 4) is 11.1 Å². The van der Waals surface area contributed by atoms with Gasteiger partial charge in [0.1, 0.15) is 12.6 Å². The lowest BCUT2D eigenvalue weighted by atomic mass is 9.98. The Kier molecular flexibility index (Phi) is 7.50. The minimum absolute atomic E-state index is 0.0450. The number of alkyl carbamates (subject to hydrolysis) is 1. The number of fused-ring (bicyclic) bond motifs is 3. The van der Waals surface area contributed by atoms with Gasteiger partial charge in [-0.15, -0.1) is 0 Å². The van der Waals surface area contributed by atoms with Crippen molar-refractivity contribution in [3.05, 3.63) is 70.1 Å². The van der Waals surface area contributed by atoms with Crippen LogP contribution in [-0.4, -0.2) is 61.0 Å². The number of carbonyl (C=O) groups is 3. The molecule has 2 amide bonds. The zero-order chi connectivity index (χ0) is 25.7. The van der Waals surface area contributed by atoms with E-state index in [4.69, 9.17) is 15.0 Å². The highest BCUT2D eigenvalue weighted by atomic mass is 16.5. The summed E-state index contributed by atoms with van der Waals surface area (Å²) in [4.78, 5) is 41.1. The van der Waals surface area contributed by atoms with Gasteiger partial charge in [0, 0.05) is 17.0 Å². The average Bonchev–Trinajstić information content (AvgIpc) is 3.23. The van der Waals surface area contributed by atoms with E-state index in [1.807, 2.05) is 48.5 Å². The topological polar surface area (TPSA) is 146 Å². The number of methoxy groups -OCH3 is 1. The highest BCUT2D eigenvalue weighted by molar-refractivity contribution is 5.91. The highest BCUT2D eigenvalue weighted by Crippen LogP contribution is 2.44. The lowest BCUT2D eigenvalue weighted by Crippen LogP contribution is -2.56. The van der Waals surface area contributed by atoms with Crippen LogP contribution in [0.1, 0.15) is 36.8 Å². The molecule has 0 fully saturated rings. The van der Waals surface area contributed by atoms with E-state index in [0.717, 1.165) is 27.3 Å². The van der Waals surface area contributed by atoms with Crippen LogP contribution in [0.4, 0.5) is 4.79 Å². The third kappa shape index (κ3) is 4.87. The van der Waals surface area contributed by atoms with E-state index < -0.39 is 36.1 Å². The maximum absolute atomic E-state index is 13.3. The number of hydrazone groups is 1. The number of benzene rings is 2. The van der Waals surface area contributed by atoms with Gasteiger partial charge in [0.2, 0.25) is 0 Å². The Labute approximate surface area is 207 Å². The monoisotopic (exact) mass is 490 g/mol. The largest absolute Gasteiger partial charge is 0.467 e. The minimum atomic E-state index is -1.31. The van der Waals surface area contributed by atoms with Crippen molar-refractivity contribution in [2.24, 2.45) is 10.2 Å². The number of hydrogen-bond donors (Lipinski definition) is 1. The Morgan fingerprint density at radius 3 is 2.42 bits per heavy atom. The number of hydrogen-bond acceptors (Lipinski definition) is 7. The van der Waals surface area contributed by atoms with Crippen LogP contribution in [0.5, 0.6) is 0 Å². The van der Waals surface area contributed by atoms with Gasteiger partial charge in [-0.25, -0.2) is 14.6 Å². The summed E-state index contributed by atoms with van der Waals surface area (Å²) in [5, 5.41) is 11.1. The van der Waals surface area contributed by atoms with Crippen molar-refractivity contribution >= 4 is 24.2 Å². The smallest absolute Gasteiger partial charge is 0.407 e. The van der Waals surface area contributed by atoms with Crippen LogP contribution in [0.3, 0.4) is 0 Å². The highest BCUT2D eigenvalue weighted by Gasteiger charge is 2.39. The summed E-state index contributed by atoms with van der Waals surface area (Å²) in [6.45, 7) is 1.52. The van der Waals surface area contributed by atoms with Crippen LogP contribution in [0.2, 0.25) is 0 Å². The second-order valence-corrected chi connectivity index (χ2v) is 8.49. The number of azide groups is 1. The summed E-state index contributed by atoms with van der Waals surface area (Å²) in [6, 6.07) is 12.6. The van der Waals surface area contributed by atoms with E-state index in [0.29, 0.717) is 12.8 Å². The van der Waals surface area contributed by atoms with Gasteiger partial charge in [-0.1, -0.05) is 60.6 Å². The van der Waals surface area contributed by atoms with Crippen LogP contribution in [-0.2, 0) is 19.1 Å². The number of esters is 1. The van der Waals surface area contributed by atoms with Gasteiger partial charge in [0.15, 0.2) is 6.04 Å². The van der Waals surface area contributed by atoms with Crippen LogP contribution >= 0.6 is 0 Å². The van der Waals surface area contributed by atoms with Gasteiger partial charge in [0.05, 0.1) is 13.2 Å². The zero-order valence-electron chi connectivity index (χ0n) is 19.9. The molecule has 2 aromatic carbocycles. The third-order valence-electron chi connectivity index (χ3n) is 6.37. The zero-order valence-corrected chi connectivity index (χ0v) is 19.9. The molecule has 0 radical (unpaired) electrons. The van der Waals surface area contributed by atoms with Crippen molar-refractivity contribution < 1.29 is 23.9 Å². The molecule has 0 saturated carbocycles. The predicted molar refractivity (Wildman–Crippen MR) is 131 cm³/mol. The third-order valence-corrected chi connectivity index (χ3v) is 6.37. The number of nitrogens with zero attached hydrogens (tertiary/aromatic N) is 5. The molecule has 3 unspecified atom stereocenters. The van der Waals surface area contributed by atoms with Crippen LogP contribution in [0.15, 0.2) is 58.7 Å². The molecular weight excluding hydrogens is 464 g/mol. The van der Waals surface area contributed by atoms with Crippen molar-refractivity contribution in [1.29, 1.82) is 0 Å². The molecule has 0 spiro atoms. The van der Waals surface area contributed by atoms with Crippen LogP contribution in [0.25, 0.3) is 21.6 Å². The van der Waals surface area contributed by atoms with E-state index in [1.54, 1.807) is 0 Å². The Morgan fingerprint density at radius 1 is 1.17 bits per heavy atom. The molecule has 11 heteroatoms. The fourth-order valence-electron chi connectivity index (χ4n) is 4.59. The minimum Gasteiger partial charge on any atom is -0.467 e. The molecule has 0 aromatic heterocycles. The lowest BCUT2D eigenvalue weighted by molar-refractivity contribution is -0.154. The fourth-order valence-corrected chi connectivity index (χ4v) is 4.59. The summed E-state index contributed by atoms with van der Waals surface area (Å²) in [5.41, 5.74) is 13.2. The SMILES string of the molecule is COC(=O)C1CCC=NN1C(=O)C(NC(=O)OCC1c2ccccc2-c2ccccc21)C(C)N=[N+]=[N-]. The summed E-state index contributed by atoms with van der Waals surface area (Å²) < 4.78 is 10.3. The average molecular weight is 491 g/mol. The maximum atomic E-state index is 13.3. The van der Waals surface area contributed by atoms with Gasteiger partial charge < -0.3 is 14.8 Å². The first-order chi connectivity index (χ1) is 17.5. The molecule has 186 valence electrons. The van der Waals surface area contributed by atoms with Gasteiger partial charge in [-0.3, -0.25) is 4.79 Å². The Morgan fingerprint density at radius 2 is 1.81 bits per heavy atom. The molecule has 0 bridgehead atoms. The number of rotatable bonds is 7. The molecule has 11 nitrogen and oxygen atoms in total. The van der Waals surface area contributed by atoms with E-state index in [1.165, 1.54) is 20.2 Å². The second kappa shape index (κ2) is 10.9. The number of carbonyl (C=O) groups excluding carboxylic acids is 3. The standard InChI is InChI=1S/C25H26N6O5/c1-15(29-30-26)22(23(32)31-21(24(33)35-2)12-7-13-27-31)28-25(34)36-14-20-18-10-5-3-8-16(18)17-9-4-6-11-19(17)20/h3-6,8-11,13,15,20-22H,7,12,14H2,1-2H3,(H,28,34). The number of ether oxygens (including phenoxy) is 2. The predicted octanol–water partition coefficient (Wildman–Crippen LogP) is 3.74. The molecule has 3 atom stereocenters. The molecule has 1 aliphatic carbocycles. The van der Waals surface area contributed by atoms with Crippen LogP contribution < -0.4 is 5.32 Å². The molecule has 2 aromatic rings. The van der Waals surface area contributed by atoms with Crippen molar-refractivity contribution in [3.63, 3.8) is 0 Å². The van der Waals surface area contributed by atoms with E-state index in [2.05, 4.69) is 20.4 Å². The molecule has 2 aliphatic rings. The molecular formula is C25H26N6O5. The fraction of sp³-hybridized carbons (Fsp3) is 0.360. The molecule has 1 aliphatic heterocycles. The quantitative estimate of drug-likeness (QED) is 0.272. The lowest BCUT2D eigenvalue weighted by Gasteiger charge is -2.32. The van der Waals surface area contributed by atoms with Crippen molar-refractivity contribution in [2.45, 2.75) is 43.8 Å². The summed E-state index contributed by atoms with van der Waals surface area (Å²) in [6.07, 6.45) is 1.45. The first-order valence-electron chi connectivity index (χ1n) is 11.5. The second-order valence-electron chi connectivity index (χ2n) is 8.49. The first-order valence-corrected chi connectivity index (χ1v) is 11.5. The van der Waals surface area contributed by atoms with Gasteiger partial charge in [0.25, 0.3) is 5.91 Å². The van der Waals surface area contributed by atoms with Crippen molar-refractivity contribution in [2.75, 3.05) is 13.7 Å².